The number of amides is 3. The molecule has 0 radical (unpaired) electrons. The van der Waals surface area contributed by atoms with Crippen molar-refractivity contribution in [3.05, 3.63) is 0 Å². The predicted octanol–water partition coefficient (Wildman–Crippen LogP) is -0.351. The summed E-state index contributed by atoms with van der Waals surface area (Å²) in [5.74, 6) is -0.0726. The van der Waals surface area contributed by atoms with Gasteiger partial charge in [-0.1, -0.05) is 0 Å². The second-order valence-corrected chi connectivity index (χ2v) is 4.58. The topological polar surface area (TPSA) is 61.9 Å². The molecular weight excluding hydrogens is 222 g/mol. The lowest BCUT2D eigenvalue weighted by Crippen LogP contribution is -2.49. The Labute approximate surface area is 101 Å². The molecule has 1 aliphatic carbocycles. The van der Waals surface area contributed by atoms with Crippen LogP contribution >= 0.6 is 0 Å². The zero-order valence-electron chi connectivity index (χ0n) is 10.1. The van der Waals surface area contributed by atoms with Crippen LogP contribution in [0.25, 0.3) is 0 Å². The maximum Gasteiger partial charge on any atom is 0.320 e. The third-order valence-electron chi connectivity index (χ3n) is 2.93. The van der Waals surface area contributed by atoms with Crippen molar-refractivity contribution in [2.24, 2.45) is 0 Å². The van der Waals surface area contributed by atoms with Crippen molar-refractivity contribution in [3.63, 3.8) is 0 Å². The third kappa shape index (κ3) is 3.59. The van der Waals surface area contributed by atoms with Gasteiger partial charge in [0.2, 0.25) is 5.91 Å². The van der Waals surface area contributed by atoms with Gasteiger partial charge in [0, 0.05) is 26.2 Å². The van der Waals surface area contributed by atoms with E-state index in [9.17, 15) is 9.59 Å². The van der Waals surface area contributed by atoms with Gasteiger partial charge in [-0.25, -0.2) is 4.79 Å². The highest BCUT2D eigenvalue weighted by atomic mass is 16.5. The van der Waals surface area contributed by atoms with Crippen LogP contribution in [-0.2, 0) is 9.53 Å². The maximum absolute atomic E-state index is 12.0. The van der Waals surface area contributed by atoms with E-state index in [1.807, 2.05) is 0 Å². The molecule has 0 bridgehead atoms. The second kappa shape index (κ2) is 5.35. The summed E-state index contributed by atoms with van der Waals surface area (Å²) >= 11 is 0. The zero-order valence-corrected chi connectivity index (χ0v) is 10.1. The van der Waals surface area contributed by atoms with Crippen molar-refractivity contribution in [1.82, 2.24) is 15.1 Å². The first-order valence-corrected chi connectivity index (χ1v) is 6.04. The van der Waals surface area contributed by atoms with E-state index in [-0.39, 0.29) is 18.5 Å². The summed E-state index contributed by atoms with van der Waals surface area (Å²) in [7, 11) is 1.66. The zero-order chi connectivity index (χ0) is 12.3. The van der Waals surface area contributed by atoms with Crippen LogP contribution in [0.2, 0.25) is 0 Å². The highest BCUT2D eigenvalue weighted by Gasteiger charge is 2.26. The van der Waals surface area contributed by atoms with Crippen LogP contribution in [-0.4, -0.2) is 67.7 Å². The molecule has 2 fully saturated rings. The molecule has 96 valence electrons. The van der Waals surface area contributed by atoms with Gasteiger partial charge in [-0.2, -0.15) is 0 Å². The summed E-state index contributed by atoms with van der Waals surface area (Å²) in [5, 5.41) is 2.87. The number of ether oxygens (including phenoxy) is 1. The Bertz CT molecular complexity index is 298. The summed E-state index contributed by atoms with van der Waals surface area (Å²) in [5.41, 5.74) is 0. The number of nitrogens with one attached hydrogen (secondary N) is 1. The van der Waals surface area contributed by atoms with E-state index in [2.05, 4.69) is 5.32 Å². The third-order valence-corrected chi connectivity index (χ3v) is 2.93. The van der Waals surface area contributed by atoms with Gasteiger partial charge < -0.3 is 19.9 Å². The van der Waals surface area contributed by atoms with Gasteiger partial charge in [0.1, 0.15) is 6.54 Å². The van der Waals surface area contributed by atoms with E-state index in [1.165, 1.54) is 4.90 Å². The summed E-state index contributed by atoms with van der Waals surface area (Å²) in [6.45, 7) is 2.50. The number of nitrogens with zero attached hydrogens (tertiary/aromatic N) is 2. The quantitative estimate of drug-likeness (QED) is 0.734. The Hall–Kier alpha value is -1.30. The van der Waals surface area contributed by atoms with Crippen molar-refractivity contribution in [2.75, 3.05) is 39.9 Å². The van der Waals surface area contributed by atoms with Crippen molar-refractivity contribution in [1.29, 1.82) is 0 Å². The van der Waals surface area contributed by atoms with Gasteiger partial charge in [-0.15, -0.1) is 0 Å². The van der Waals surface area contributed by atoms with Crippen LogP contribution in [0.15, 0.2) is 0 Å². The van der Waals surface area contributed by atoms with Gasteiger partial charge in [-0.3, -0.25) is 4.79 Å². The second-order valence-electron chi connectivity index (χ2n) is 4.58. The Morgan fingerprint density at radius 2 is 2.00 bits per heavy atom. The molecule has 0 unspecified atom stereocenters. The molecule has 6 nitrogen and oxygen atoms in total. The number of rotatable bonds is 3. The fourth-order valence-electron chi connectivity index (χ4n) is 1.78. The number of carbonyl (C=O) groups is 2. The number of hydrogen-bond donors (Lipinski definition) is 1. The summed E-state index contributed by atoms with van der Waals surface area (Å²) in [6.07, 6.45) is 2.12. The predicted molar refractivity (Wildman–Crippen MR) is 61.6 cm³/mol. The molecule has 0 atom stereocenters. The Kier molecular flexibility index (Phi) is 3.83. The smallest absolute Gasteiger partial charge is 0.320 e. The van der Waals surface area contributed by atoms with Crippen LogP contribution < -0.4 is 5.32 Å². The fourth-order valence-corrected chi connectivity index (χ4v) is 1.78. The van der Waals surface area contributed by atoms with E-state index >= 15 is 0 Å². The van der Waals surface area contributed by atoms with Crippen LogP contribution in [0.5, 0.6) is 0 Å². The first kappa shape index (κ1) is 12.2. The largest absolute Gasteiger partial charge is 0.378 e. The number of morpholine rings is 1. The number of likely N-dealkylation sites (N-methyl/N-ethyl adjacent to an activating group) is 1. The number of carbonyl (C=O) groups excluding carboxylic acids is 2. The van der Waals surface area contributed by atoms with E-state index in [4.69, 9.17) is 4.74 Å². The fraction of sp³-hybridized carbons (Fsp3) is 0.818. The van der Waals surface area contributed by atoms with E-state index in [0.29, 0.717) is 32.3 Å². The maximum atomic E-state index is 12.0. The molecule has 2 rings (SSSR count). The van der Waals surface area contributed by atoms with Crippen LogP contribution in [0.1, 0.15) is 12.8 Å². The minimum atomic E-state index is -0.0979. The standard InChI is InChI=1S/C11H19N3O3/c1-13(8-10(15)12-9-2-3-9)11(16)14-4-6-17-7-5-14/h9H,2-8H2,1H3,(H,12,15). The molecule has 0 aromatic rings. The van der Waals surface area contributed by atoms with Crippen molar-refractivity contribution in [3.8, 4) is 0 Å². The average molecular weight is 241 g/mol. The summed E-state index contributed by atoms with van der Waals surface area (Å²) in [4.78, 5) is 26.7. The molecule has 17 heavy (non-hydrogen) atoms. The lowest BCUT2D eigenvalue weighted by molar-refractivity contribution is -0.121. The SMILES string of the molecule is CN(CC(=O)NC1CC1)C(=O)N1CCOCC1. The first-order chi connectivity index (χ1) is 8.16. The van der Waals surface area contributed by atoms with Gasteiger partial charge in [0.05, 0.1) is 13.2 Å². The molecule has 1 N–H and O–H groups in total. The number of hydrogen-bond acceptors (Lipinski definition) is 3. The van der Waals surface area contributed by atoms with E-state index in [1.54, 1.807) is 11.9 Å². The van der Waals surface area contributed by atoms with Crippen molar-refractivity contribution < 1.29 is 14.3 Å². The van der Waals surface area contributed by atoms with Crippen molar-refractivity contribution in [2.45, 2.75) is 18.9 Å². The van der Waals surface area contributed by atoms with Crippen LogP contribution in [0.3, 0.4) is 0 Å². The molecule has 1 saturated carbocycles. The number of urea groups is 1. The molecule has 3 amide bonds. The Morgan fingerprint density at radius 3 is 2.59 bits per heavy atom. The highest BCUT2D eigenvalue weighted by molar-refractivity contribution is 5.84. The van der Waals surface area contributed by atoms with Crippen molar-refractivity contribution >= 4 is 11.9 Å². The molecule has 6 heteroatoms. The van der Waals surface area contributed by atoms with Crippen LogP contribution in [0.4, 0.5) is 4.79 Å². The Balaban J connectivity index is 1.74. The molecule has 1 saturated heterocycles. The molecule has 1 heterocycles. The van der Waals surface area contributed by atoms with Gasteiger partial charge in [0.15, 0.2) is 0 Å². The molecule has 0 aromatic heterocycles. The Morgan fingerprint density at radius 1 is 1.35 bits per heavy atom. The normalized spacial score (nSPS) is 19.9. The summed E-state index contributed by atoms with van der Waals surface area (Å²) < 4.78 is 5.18. The van der Waals surface area contributed by atoms with E-state index in [0.717, 1.165) is 12.8 Å². The molecule has 1 aliphatic heterocycles. The minimum absolute atomic E-state index is 0.0726. The monoisotopic (exact) mass is 241 g/mol. The highest BCUT2D eigenvalue weighted by Crippen LogP contribution is 2.18. The molecular formula is C11H19N3O3. The van der Waals surface area contributed by atoms with E-state index < -0.39 is 0 Å². The van der Waals surface area contributed by atoms with Gasteiger partial charge in [-0.05, 0) is 12.8 Å². The lowest BCUT2D eigenvalue weighted by Gasteiger charge is -2.30. The summed E-state index contributed by atoms with van der Waals surface area (Å²) in [6, 6.07) is 0.244. The first-order valence-electron chi connectivity index (χ1n) is 6.04. The van der Waals surface area contributed by atoms with Gasteiger partial charge >= 0.3 is 6.03 Å². The van der Waals surface area contributed by atoms with Crippen LogP contribution in [0, 0.1) is 0 Å². The molecule has 2 aliphatic rings. The molecule has 0 aromatic carbocycles. The minimum Gasteiger partial charge on any atom is -0.378 e. The lowest BCUT2D eigenvalue weighted by atomic mass is 10.4. The molecule has 0 spiro atoms. The van der Waals surface area contributed by atoms with Gasteiger partial charge in [0.25, 0.3) is 0 Å². The average Bonchev–Trinajstić information content (AvgIpc) is 3.12.